The summed E-state index contributed by atoms with van der Waals surface area (Å²) in [6.45, 7) is 7.46. The SMILES string of the molecule is CCCCOC(=O)NS(=O)(=O)c1ccccc1-c1ccc(Cn2c(CCC)nc(CC)c2C(=O)CCN(C(C)=O)c2cccnc2)c(F)c1. The maximum Gasteiger partial charge on any atom is 0.421 e. The van der Waals surface area contributed by atoms with Crippen molar-refractivity contribution >= 4 is 33.5 Å². The zero-order valence-electron chi connectivity index (χ0n) is 28.2. The Labute approximate surface area is 286 Å². The van der Waals surface area contributed by atoms with Crippen LogP contribution in [0.5, 0.6) is 0 Å². The second kappa shape index (κ2) is 17.0. The van der Waals surface area contributed by atoms with E-state index in [1.165, 1.54) is 36.1 Å². The van der Waals surface area contributed by atoms with Crippen molar-refractivity contribution in [1.29, 1.82) is 0 Å². The van der Waals surface area contributed by atoms with Gasteiger partial charge in [-0.25, -0.2) is 27.3 Å². The van der Waals surface area contributed by atoms with Crippen LogP contribution in [-0.4, -0.2) is 53.9 Å². The highest BCUT2D eigenvalue weighted by atomic mass is 32.2. The topological polar surface area (TPSA) is 141 Å². The Morgan fingerprint density at radius 3 is 2.45 bits per heavy atom. The molecule has 1 N–H and O–H groups in total. The van der Waals surface area contributed by atoms with E-state index in [0.717, 1.165) is 12.8 Å². The fourth-order valence-corrected chi connectivity index (χ4v) is 6.59. The highest BCUT2D eigenvalue weighted by Crippen LogP contribution is 2.30. The lowest BCUT2D eigenvalue weighted by molar-refractivity contribution is -0.116. The van der Waals surface area contributed by atoms with E-state index in [9.17, 15) is 22.8 Å². The van der Waals surface area contributed by atoms with Gasteiger partial charge in [0.05, 0.1) is 35.6 Å². The van der Waals surface area contributed by atoms with Crippen molar-refractivity contribution in [3.8, 4) is 11.1 Å². The van der Waals surface area contributed by atoms with Gasteiger partial charge in [0.1, 0.15) is 17.3 Å². The molecule has 0 bridgehead atoms. The number of benzene rings is 2. The highest BCUT2D eigenvalue weighted by molar-refractivity contribution is 7.90. The number of hydrogen-bond acceptors (Lipinski definition) is 8. The first-order chi connectivity index (χ1) is 23.5. The molecule has 0 aliphatic heterocycles. The first-order valence-corrected chi connectivity index (χ1v) is 17.9. The average molecular weight is 692 g/mol. The number of aryl methyl sites for hydroxylation is 2. The summed E-state index contributed by atoms with van der Waals surface area (Å²) in [4.78, 5) is 48.5. The molecular formula is C36H42FN5O6S. The molecule has 2 amide bonds. The van der Waals surface area contributed by atoms with E-state index in [2.05, 4.69) is 4.98 Å². The number of Topliss-reactive ketones (excluding diaryl/α,β-unsaturated/α-hetero) is 1. The number of ketones is 1. The number of nitrogens with one attached hydrogen (secondary N) is 1. The van der Waals surface area contributed by atoms with Gasteiger partial charge in [0, 0.05) is 43.6 Å². The summed E-state index contributed by atoms with van der Waals surface area (Å²) in [7, 11) is -4.33. The van der Waals surface area contributed by atoms with Crippen molar-refractivity contribution in [3.05, 3.63) is 95.6 Å². The van der Waals surface area contributed by atoms with Gasteiger partial charge in [0.15, 0.2) is 5.78 Å². The van der Waals surface area contributed by atoms with E-state index in [1.807, 2.05) is 25.5 Å². The summed E-state index contributed by atoms with van der Waals surface area (Å²) in [6, 6.07) is 13.8. The van der Waals surface area contributed by atoms with Crippen molar-refractivity contribution in [3.63, 3.8) is 0 Å². The molecule has 4 rings (SSSR count). The first kappa shape index (κ1) is 36.9. The summed E-state index contributed by atoms with van der Waals surface area (Å²) >= 11 is 0. The normalized spacial score (nSPS) is 11.3. The predicted molar refractivity (Wildman–Crippen MR) is 184 cm³/mol. The number of ether oxygens (including phenoxy) is 1. The first-order valence-electron chi connectivity index (χ1n) is 16.4. The molecular weight excluding hydrogens is 649 g/mol. The van der Waals surface area contributed by atoms with Crippen molar-refractivity contribution in [2.75, 3.05) is 18.1 Å². The monoisotopic (exact) mass is 691 g/mol. The number of imidazole rings is 1. The van der Waals surface area contributed by atoms with Crippen LogP contribution in [-0.2, 0) is 38.9 Å². The van der Waals surface area contributed by atoms with Crippen LogP contribution in [0.2, 0.25) is 0 Å². The van der Waals surface area contributed by atoms with Crippen molar-refractivity contribution in [2.45, 2.75) is 77.7 Å². The minimum atomic E-state index is -4.33. The number of carbonyl (C=O) groups is 3. The van der Waals surface area contributed by atoms with E-state index in [1.54, 1.807) is 47.3 Å². The number of hydrogen-bond donors (Lipinski definition) is 1. The molecule has 0 saturated heterocycles. The quantitative estimate of drug-likeness (QED) is 0.104. The number of nitrogens with zero attached hydrogens (tertiary/aromatic N) is 4. The number of aromatic nitrogens is 3. The van der Waals surface area contributed by atoms with Crippen LogP contribution in [0.3, 0.4) is 0 Å². The van der Waals surface area contributed by atoms with Gasteiger partial charge in [-0.1, -0.05) is 57.5 Å². The molecule has 4 aromatic rings. The third kappa shape index (κ3) is 9.17. The largest absolute Gasteiger partial charge is 0.449 e. The lowest BCUT2D eigenvalue weighted by Gasteiger charge is -2.21. The molecule has 0 spiro atoms. The van der Waals surface area contributed by atoms with Crippen LogP contribution in [0.25, 0.3) is 11.1 Å². The van der Waals surface area contributed by atoms with Crippen LogP contribution in [0.1, 0.15) is 80.9 Å². The molecule has 0 fully saturated rings. The number of amides is 2. The Hall–Kier alpha value is -4.91. The van der Waals surface area contributed by atoms with Gasteiger partial charge >= 0.3 is 6.09 Å². The third-order valence-corrected chi connectivity index (χ3v) is 9.28. The summed E-state index contributed by atoms with van der Waals surface area (Å²) in [6.07, 6.45) is 5.26. The molecule has 49 heavy (non-hydrogen) atoms. The Morgan fingerprint density at radius 2 is 1.80 bits per heavy atom. The number of rotatable bonds is 16. The molecule has 0 radical (unpaired) electrons. The van der Waals surface area contributed by atoms with Gasteiger partial charge in [-0.3, -0.25) is 14.6 Å². The van der Waals surface area contributed by atoms with Crippen molar-refractivity contribution in [1.82, 2.24) is 19.3 Å². The Balaban J connectivity index is 1.63. The average Bonchev–Trinajstić information content (AvgIpc) is 3.42. The Kier molecular flexibility index (Phi) is 12.8. The standard InChI is InChI=1S/C36H42FN5O6S/c1-5-8-21-48-36(45)40-49(46,47)33-15-10-9-14-29(33)26-16-17-27(30(37)22-26)24-42-34(12-6-2)39-31(7-3)35(42)32(44)18-20-41(25(4)43)28-13-11-19-38-23-28/h9-11,13-17,19,22-23H,5-8,12,18,20-21,24H2,1-4H3,(H,40,45). The number of carbonyl (C=O) groups excluding carboxylic acids is 3. The van der Waals surface area contributed by atoms with Crippen molar-refractivity contribution in [2.24, 2.45) is 0 Å². The van der Waals surface area contributed by atoms with Gasteiger partial charge in [0.25, 0.3) is 10.0 Å². The Morgan fingerprint density at radius 1 is 1.02 bits per heavy atom. The minimum Gasteiger partial charge on any atom is -0.449 e. The molecule has 2 aromatic carbocycles. The molecule has 260 valence electrons. The maximum atomic E-state index is 15.9. The fourth-order valence-electron chi connectivity index (χ4n) is 5.47. The minimum absolute atomic E-state index is 0.0135. The van der Waals surface area contributed by atoms with Crippen LogP contribution in [0, 0.1) is 5.82 Å². The van der Waals surface area contributed by atoms with Gasteiger partial charge < -0.3 is 14.2 Å². The van der Waals surface area contributed by atoms with E-state index in [4.69, 9.17) is 9.72 Å². The molecule has 0 saturated carbocycles. The van der Waals surface area contributed by atoms with Gasteiger partial charge in [0.2, 0.25) is 5.91 Å². The van der Waals surface area contributed by atoms with Crippen LogP contribution >= 0.6 is 0 Å². The van der Waals surface area contributed by atoms with Crippen molar-refractivity contribution < 1.29 is 31.9 Å². The lowest BCUT2D eigenvalue weighted by atomic mass is 10.0. The Bertz CT molecular complexity index is 1900. The molecule has 0 atom stereocenters. The van der Waals surface area contributed by atoms with Gasteiger partial charge in [-0.2, -0.15) is 0 Å². The van der Waals surface area contributed by atoms with E-state index in [0.29, 0.717) is 42.2 Å². The zero-order valence-corrected chi connectivity index (χ0v) is 29.1. The van der Waals surface area contributed by atoms with E-state index in [-0.39, 0.29) is 59.4 Å². The molecule has 0 unspecified atom stereocenters. The smallest absolute Gasteiger partial charge is 0.421 e. The highest BCUT2D eigenvalue weighted by Gasteiger charge is 2.26. The lowest BCUT2D eigenvalue weighted by Crippen LogP contribution is -2.31. The van der Waals surface area contributed by atoms with Crippen LogP contribution < -0.4 is 9.62 Å². The number of unbranched alkanes of at least 4 members (excludes halogenated alkanes) is 1. The second-order valence-corrected chi connectivity index (χ2v) is 13.1. The summed E-state index contributed by atoms with van der Waals surface area (Å²) in [5.74, 6) is -0.409. The van der Waals surface area contributed by atoms with Gasteiger partial charge in [-0.15, -0.1) is 0 Å². The van der Waals surface area contributed by atoms with Crippen LogP contribution in [0.15, 0.2) is 71.9 Å². The molecule has 0 aliphatic carbocycles. The van der Waals surface area contributed by atoms with Crippen LogP contribution in [0.4, 0.5) is 14.9 Å². The van der Waals surface area contributed by atoms with E-state index >= 15 is 4.39 Å². The number of halogens is 1. The zero-order chi connectivity index (χ0) is 35.6. The molecule has 2 aromatic heterocycles. The number of anilines is 1. The predicted octanol–water partition coefficient (Wildman–Crippen LogP) is 6.49. The second-order valence-electron chi connectivity index (χ2n) is 11.5. The summed E-state index contributed by atoms with van der Waals surface area (Å²) in [5, 5.41) is 0. The molecule has 0 aliphatic rings. The van der Waals surface area contributed by atoms with E-state index < -0.39 is 21.9 Å². The summed E-state index contributed by atoms with van der Waals surface area (Å²) in [5.41, 5.74) is 2.31. The maximum absolute atomic E-state index is 15.9. The number of pyridine rings is 1. The summed E-state index contributed by atoms with van der Waals surface area (Å²) < 4.78 is 50.8. The third-order valence-electron chi connectivity index (χ3n) is 7.91. The molecule has 11 nitrogen and oxygen atoms in total. The molecule has 2 heterocycles. The fraction of sp³-hybridized carbons (Fsp3) is 0.361. The van der Waals surface area contributed by atoms with Gasteiger partial charge in [-0.05, 0) is 49.1 Å². The molecule has 13 heteroatoms. The number of sulfonamides is 1.